The molecule has 0 bridgehead atoms. The van der Waals surface area contributed by atoms with Gasteiger partial charge >= 0.3 is 0 Å². The van der Waals surface area contributed by atoms with Crippen LogP contribution in [0.15, 0.2) is 53.6 Å². The van der Waals surface area contributed by atoms with Crippen LogP contribution in [0.5, 0.6) is 11.5 Å². The van der Waals surface area contributed by atoms with Crippen LogP contribution < -0.4 is 14.9 Å². The van der Waals surface area contributed by atoms with Crippen molar-refractivity contribution in [1.29, 1.82) is 0 Å². The first-order valence-electron chi connectivity index (χ1n) is 9.01. The molecule has 0 heterocycles. The Bertz CT molecular complexity index is 1160. The minimum atomic E-state index is -0.380. The second kappa shape index (κ2) is 11.4. The van der Waals surface area contributed by atoms with Gasteiger partial charge in [-0.15, -0.1) is 0 Å². The lowest BCUT2D eigenvalue weighted by molar-refractivity contribution is 0.0954. The van der Waals surface area contributed by atoms with Gasteiger partial charge in [0, 0.05) is 5.56 Å². The molecule has 0 spiro atoms. The van der Waals surface area contributed by atoms with E-state index in [2.05, 4.69) is 33.1 Å². The monoisotopic (exact) mass is 622 g/mol. The number of carbonyl (C=O) groups excluding carboxylic acids is 1. The van der Waals surface area contributed by atoms with Crippen molar-refractivity contribution in [3.8, 4) is 11.5 Å². The van der Waals surface area contributed by atoms with E-state index in [-0.39, 0.29) is 12.5 Å². The van der Waals surface area contributed by atoms with Gasteiger partial charge in [0.2, 0.25) is 0 Å². The molecule has 0 unspecified atom stereocenters. The molecule has 32 heavy (non-hydrogen) atoms. The van der Waals surface area contributed by atoms with Gasteiger partial charge in [0.25, 0.3) is 5.91 Å². The first-order chi connectivity index (χ1) is 15.3. The number of nitrogens with one attached hydrogen (secondary N) is 1. The van der Waals surface area contributed by atoms with E-state index in [1.54, 1.807) is 55.6 Å². The van der Waals surface area contributed by atoms with Gasteiger partial charge < -0.3 is 9.47 Å². The minimum Gasteiger partial charge on any atom is -0.496 e. The van der Waals surface area contributed by atoms with Crippen LogP contribution in [0.2, 0.25) is 20.1 Å². The van der Waals surface area contributed by atoms with E-state index >= 15 is 0 Å². The zero-order valence-electron chi connectivity index (χ0n) is 16.5. The van der Waals surface area contributed by atoms with Crippen LogP contribution in [0.25, 0.3) is 0 Å². The molecule has 3 rings (SSSR count). The zero-order chi connectivity index (χ0) is 23.3. The van der Waals surface area contributed by atoms with Crippen molar-refractivity contribution < 1.29 is 14.3 Å². The maximum absolute atomic E-state index is 12.3. The molecule has 0 atom stereocenters. The van der Waals surface area contributed by atoms with Crippen molar-refractivity contribution in [2.24, 2.45) is 5.10 Å². The molecule has 0 aromatic heterocycles. The van der Waals surface area contributed by atoms with Crippen molar-refractivity contribution >= 4 is 81.1 Å². The molecule has 0 radical (unpaired) electrons. The fourth-order valence-electron chi connectivity index (χ4n) is 2.61. The fraction of sp³-hybridized carbons (Fsp3) is 0.0909. The van der Waals surface area contributed by atoms with Crippen LogP contribution in [-0.2, 0) is 6.61 Å². The van der Waals surface area contributed by atoms with Gasteiger partial charge in [-0.2, -0.15) is 5.10 Å². The maximum Gasteiger partial charge on any atom is 0.271 e. The highest BCUT2D eigenvalue weighted by Crippen LogP contribution is 2.35. The Hall–Kier alpha value is -1.71. The molecule has 3 aromatic rings. The lowest BCUT2D eigenvalue weighted by Crippen LogP contribution is -2.17. The third kappa shape index (κ3) is 6.42. The Morgan fingerprint density at radius 3 is 2.38 bits per heavy atom. The van der Waals surface area contributed by atoms with E-state index in [0.29, 0.717) is 42.7 Å². The first kappa shape index (κ1) is 24.9. The topological polar surface area (TPSA) is 59.9 Å². The number of amides is 1. The lowest BCUT2D eigenvalue weighted by Gasteiger charge is -2.11. The van der Waals surface area contributed by atoms with Crippen LogP contribution in [0.3, 0.4) is 0 Å². The molecule has 1 amide bonds. The smallest absolute Gasteiger partial charge is 0.271 e. The standard InChI is InChI=1S/C22H15Cl4IN2O3/c1-31-20-9-14(3-5-19(20)27)22(30)29-28-10-13-7-17(25)21(18(26)8-13)32-11-12-2-4-15(23)16(24)6-12/h2-10H,11H2,1H3,(H,29,30)/b28-10-. The van der Waals surface area contributed by atoms with Crippen LogP contribution in [0.1, 0.15) is 21.5 Å². The minimum absolute atomic E-state index is 0.208. The van der Waals surface area contributed by atoms with Crippen molar-refractivity contribution in [3.05, 3.63) is 88.9 Å². The van der Waals surface area contributed by atoms with Crippen molar-refractivity contribution in [3.63, 3.8) is 0 Å². The molecule has 1 N–H and O–H groups in total. The highest BCUT2D eigenvalue weighted by molar-refractivity contribution is 14.1. The largest absolute Gasteiger partial charge is 0.496 e. The van der Waals surface area contributed by atoms with E-state index in [1.165, 1.54) is 6.21 Å². The highest BCUT2D eigenvalue weighted by atomic mass is 127. The molecule has 0 aliphatic carbocycles. The summed E-state index contributed by atoms with van der Waals surface area (Å²) in [6, 6.07) is 13.5. The first-order valence-corrected chi connectivity index (χ1v) is 11.6. The van der Waals surface area contributed by atoms with Gasteiger partial charge in [0.1, 0.15) is 12.4 Å². The van der Waals surface area contributed by atoms with E-state index in [9.17, 15) is 4.79 Å². The molecule has 0 fully saturated rings. The number of hydrogen-bond acceptors (Lipinski definition) is 4. The average Bonchev–Trinajstić information content (AvgIpc) is 2.75. The average molecular weight is 624 g/mol. The summed E-state index contributed by atoms with van der Waals surface area (Å²) < 4.78 is 11.9. The van der Waals surface area contributed by atoms with E-state index in [4.69, 9.17) is 55.9 Å². The number of nitrogens with zero attached hydrogens (tertiary/aromatic N) is 1. The van der Waals surface area contributed by atoms with Crippen LogP contribution >= 0.6 is 69.0 Å². The number of hydrogen-bond donors (Lipinski definition) is 1. The van der Waals surface area contributed by atoms with Gasteiger partial charge in [0.15, 0.2) is 5.75 Å². The molecule has 5 nitrogen and oxygen atoms in total. The Kier molecular flexibility index (Phi) is 8.90. The molecule has 166 valence electrons. The summed E-state index contributed by atoms with van der Waals surface area (Å²) in [6.07, 6.45) is 1.43. The van der Waals surface area contributed by atoms with Gasteiger partial charge in [-0.05, 0) is 76.2 Å². The van der Waals surface area contributed by atoms with Gasteiger partial charge in [-0.25, -0.2) is 5.43 Å². The van der Waals surface area contributed by atoms with Gasteiger partial charge in [-0.3, -0.25) is 4.79 Å². The summed E-state index contributed by atoms with van der Waals surface area (Å²) in [4.78, 5) is 12.3. The quantitative estimate of drug-likeness (QED) is 0.171. The molecular formula is C22H15Cl4IN2O3. The third-order valence-corrected chi connectivity index (χ3v) is 6.37. The number of hydrazone groups is 1. The molecule has 3 aromatic carbocycles. The Morgan fingerprint density at radius 1 is 1.00 bits per heavy atom. The zero-order valence-corrected chi connectivity index (χ0v) is 21.6. The van der Waals surface area contributed by atoms with Crippen molar-refractivity contribution in [2.45, 2.75) is 6.61 Å². The summed E-state index contributed by atoms with van der Waals surface area (Å²) in [6.45, 7) is 0.208. The molecule has 10 heteroatoms. The summed E-state index contributed by atoms with van der Waals surface area (Å²) in [5.74, 6) is 0.554. The fourth-order valence-corrected chi connectivity index (χ4v) is 4.10. The van der Waals surface area contributed by atoms with E-state index < -0.39 is 0 Å². The second-order valence-electron chi connectivity index (χ2n) is 6.40. The lowest BCUT2D eigenvalue weighted by atomic mass is 10.2. The predicted octanol–water partition coefficient (Wildman–Crippen LogP) is 7.26. The number of carbonyl (C=O) groups is 1. The second-order valence-corrected chi connectivity index (χ2v) is 9.19. The number of ether oxygens (including phenoxy) is 2. The summed E-state index contributed by atoms with van der Waals surface area (Å²) in [5.41, 5.74) is 4.28. The predicted molar refractivity (Wildman–Crippen MR) is 138 cm³/mol. The molecular weight excluding hydrogens is 609 g/mol. The normalized spacial score (nSPS) is 10.9. The maximum atomic E-state index is 12.3. The highest BCUT2D eigenvalue weighted by Gasteiger charge is 2.11. The number of rotatable bonds is 7. The molecule has 0 aliphatic heterocycles. The number of methoxy groups -OCH3 is 1. The van der Waals surface area contributed by atoms with Crippen LogP contribution in [-0.4, -0.2) is 19.2 Å². The Morgan fingerprint density at radius 2 is 1.72 bits per heavy atom. The number of benzene rings is 3. The molecule has 0 aliphatic rings. The summed E-state index contributed by atoms with van der Waals surface area (Å²) in [5, 5.41) is 5.46. The molecule has 0 saturated carbocycles. The Labute approximate surface area is 218 Å². The van der Waals surface area contributed by atoms with E-state index in [1.807, 2.05) is 0 Å². The van der Waals surface area contributed by atoms with Crippen LogP contribution in [0, 0.1) is 3.57 Å². The summed E-state index contributed by atoms with van der Waals surface area (Å²) in [7, 11) is 1.54. The van der Waals surface area contributed by atoms with Crippen LogP contribution in [0.4, 0.5) is 0 Å². The molecule has 0 saturated heterocycles. The van der Waals surface area contributed by atoms with E-state index in [0.717, 1.165) is 9.13 Å². The van der Waals surface area contributed by atoms with Crippen molar-refractivity contribution in [2.75, 3.05) is 7.11 Å². The number of halogens is 5. The Balaban J connectivity index is 1.65. The summed E-state index contributed by atoms with van der Waals surface area (Å²) >= 11 is 26.7. The third-order valence-electron chi connectivity index (χ3n) is 4.18. The van der Waals surface area contributed by atoms with Gasteiger partial charge in [0.05, 0.1) is 37.0 Å². The van der Waals surface area contributed by atoms with Gasteiger partial charge in [-0.1, -0.05) is 52.5 Å². The van der Waals surface area contributed by atoms with Crippen molar-refractivity contribution in [1.82, 2.24) is 5.43 Å². The SMILES string of the molecule is COc1cc(C(=O)N/N=C\c2cc(Cl)c(OCc3ccc(Cl)c(Cl)c3)c(Cl)c2)ccc1I.